The molecule has 0 radical (unpaired) electrons. The second kappa shape index (κ2) is 6.55. The first-order chi connectivity index (χ1) is 11.7. The van der Waals surface area contributed by atoms with Crippen LogP contribution in [0.4, 0.5) is 0 Å². The quantitative estimate of drug-likeness (QED) is 0.616. The van der Waals surface area contributed by atoms with Crippen molar-refractivity contribution < 1.29 is 19.4 Å². The Labute approximate surface area is 151 Å². The van der Waals surface area contributed by atoms with Gasteiger partial charge in [-0.1, -0.05) is 39.3 Å². The smallest absolute Gasteiger partial charge is 0.339 e. The number of hydrogen-bond donors (Lipinski definition) is 1. The number of esters is 1. The molecule has 140 valence electrons. The fourth-order valence-corrected chi connectivity index (χ4v) is 5.85. The Bertz CT molecular complexity index is 591. The minimum atomic E-state index is -0.824. The van der Waals surface area contributed by atoms with Crippen molar-refractivity contribution in [2.75, 3.05) is 7.11 Å². The summed E-state index contributed by atoms with van der Waals surface area (Å²) in [4.78, 5) is 12.0. The molecule has 1 N–H and O–H groups in total. The Hall–Kier alpha value is -1.13. The van der Waals surface area contributed by atoms with Crippen LogP contribution in [-0.4, -0.2) is 30.6 Å². The summed E-state index contributed by atoms with van der Waals surface area (Å²) in [5.41, 5.74) is 2.02. The largest absolute Gasteiger partial charge is 0.428 e. The van der Waals surface area contributed by atoms with Crippen LogP contribution in [0.25, 0.3) is 0 Å². The zero-order valence-corrected chi connectivity index (χ0v) is 16.0. The number of methoxy groups -OCH3 is 1. The highest BCUT2D eigenvalue weighted by molar-refractivity contribution is 5.91. The lowest BCUT2D eigenvalue weighted by Gasteiger charge is -2.58. The van der Waals surface area contributed by atoms with Gasteiger partial charge in [-0.2, -0.15) is 0 Å². The van der Waals surface area contributed by atoms with Gasteiger partial charge in [-0.05, 0) is 60.8 Å². The summed E-state index contributed by atoms with van der Waals surface area (Å²) in [5.74, 6) is 0.398. The summed E-state index contributed by atoms with van der Waals surface area (Å²) >= 11 is 0. The van der Waals surface area contributed by atoms with E-state index in [0.717, 1.165) is 6.42 Å². The molecule has 0 bridgehead atoms. The Morgan fingerprint density at radius 1 is 1.40 bits per heavy atom. The van der Waals surface area contributed by atoms with E-state index in [9.17, 15) is 9.90 Å². The van der Waals surface area contributed by atoms with E-state index in [-0.39, 0.29) is 11.3 Å². The van der Waals surface area contributed by atoms with Gasteiger partial charge in [-0.15, -0.1) is 0 Å². The van der Waals surface area contributed by atoms with Crippen LogP contribution in [0.15, 0.2) is 23.8 Å². The lowest BCUT2D eigenvalue weighted by atomic mass is 9.47. The number of carbonyl (C=O) groups is 1. The van der Waals surface area contributed by atoms with Gasteiger partial charge in [-0.25, -0.2) is 4.79 Å². The molecule has 0 saturated heterocycles. The van der Waals surface area contributed by atoms with Gasteiger partial charge in [-0.3, -0.25) is 0 Å². The fourth-order valence-electron chi connectivity index (χ4n) is 5.85. The number of cyclic esters (lactones) is 1. The molecule has 3 aliphatic rings. The van der Waals surface area contributed by atoms with Gasteiger partial charge in [0.1, 0.15) is 0 Å². The summed E-state index contributed by atoms with van der Waals surface area (Å²) < 4.78 is 10.1. The van der Waals surface area contributed by atoms with Crippen LogP contribution in [-0.2, 0) is 14.3 Å². The Morgan fingerprint density at radius 3 is 2.76 bits per heavy atom. The molecule has 1 heterocycles. The lowest BCUT2D eigenvalue weighted by Crippen LogP contribution is -2.50. The van der Waals surface area contributed by atoms with Gasteiger partial charge in [0.05, 0.1) is 11.7 Å². The molecule has 0 aromatic rings. The normalized spacial score (nSPS) is 38.8. The number of carbonyl (C=O) groups excluding carboxylic acids is 1. The first-order valence-corrected chi connectivity index (χ1v) is 9.50. The van der Waals surface area contributed by atoms with Crippen molar-refractivity contribution in [1.82, 2.24) is 0 Å². The first-order valence-electron chi connectivity index (χ1n) is 9.50. The number of aliphatic hydroxyl groups excluding tert-OH is 1. The number of hydrogen-bond acceptors (Lipinski definition) is 4. The van der Waals surface area contributed by atoms with Crippen molar-refractivity contribution in [2.45, 2.75) is 71.7 Å². The standard InChI is InChI=1S/C21H32O4/c1-13-7-8-17-20(2,3)9-6-10-21(17,4)15(13)12-16(22)14-11-18(24-5)25-19(14)23/h11,15-18,22H,1,6-10,12H2,2-5H3. The molecule has 5 unspecified atom stereocenters. The van der Waals surface area contributed by atoms with Crippen molar-refractivity contribution in [1.29, 1.82) is 0 Å². The van der Waals surface area contributed by atoms with Crippen LogP contribution in [0.2, 0.25) is 0 Å². The van der Waals surface area contributed by atoms with Gasteiger partial charge in [0.25, 0.3) is 0 Å². The molecule has 4 nitrogen and oxygen atoms in total. The molecule has 3 rings (SSSR count). The summed E-state index contributed by atoms with van der Waals surface area (Å²) in [6, 6.07) is 0. The van der Waals surface area contributed by atoms with Crippen LogP contribution in [0.1, 0.15) is 59.3 Å². The minimum Gasteiger partial charge on any atom is -0.428 e. The van der Waals surface area contributed by atoms with Crippen LogP contribution < -0.4 is 0 Å². The summed E-state index contributed by atoms with van der Waals surface area (Å²) in [5, 5.41) is 10.8. The highest BCUT2D eigenvalue weighted by atomic mass is 16.7. The molecule has 2 saturated carbocycles. The molecule has 4 heteroatoms. The maximum absolute atomic E-state index is 12.0. The lowest BCUT2D eigenvalue weighted by molar-refractivity contribution is -0.155. The molecule has 25 heavy (non-hydrogen) atoms. The van der Waals surface area contributed by atoms with E-state index in [4.69, 9.17) is 9.47 Å². The zero-order valence-electron chi connectivity index (χ0n) is 16.0. The second-order valence-electron chi connectivity index (χ2n) is 9.03. The van der Waals surface area contributed by atoms with Crippen molar-refractivity contribution in [3.63, 3.8) is 0 Å². The predicted octanol–water partition coefficient (Wildman–Crippen LogP) is 3.99. The maximum Gasteiger partial charge on any atom is 0.339 e. The van der Waals surface area contributed by atoms with Crippen molar-refractivity contribution in [2.24, 2.45) is 22.7 Å². The van der Waals surface area contributed by atoms with Gasteiger partial charge < -0.3 is 14.6 Å². The Kier molecular flexibility index (Phi) is 4.89. The van der Waals surface area contributed by atoms with E-state index in [1.54, 1.807) is 6.08 Å². The number of fused-ring (bicyclic) bond motifs is 1. The van der Waals surface area contributed by atoms with Crippen LogP contribution >= 0.6 is 0 Å². The van der Waals surface area contributed by atoms with Crippen LogP contribution in [0.5, 0.6) is 0 Å². The summed E-state index contributed by atoms with van der Waals surface area (Å²) in [6.45, 7) is 11.5. The van der Waals surface area contributed by atoms with Gasteiger partial charge in [0, 0.05) is 7.11 Å². The van der Waals surface area contributed by atoms with Crippen LogP contribution in [0, 0.1) is 22.7 Å². The molecule has 0 aromatic heterocycles. The molecule has 2 aliphatic carbocycles. The summed E-state index contributed by atoms with van der Waals surface area (Å²) in [6.07, 6.45) is 6.50. The topological polar surface area (TPSA) is 55.8 Å². The van der Waals surface area contributed by atoms with E-state index < -0.39 is 18.4 Å². The molecule has 0 amide bonds. The highest BCUT2D eigenvalue weighted by Gasteiger charge is 2.53. The van der Waals surface area contributed by atoms with Crippen molar-refractivity contribution >= 4 is 5.97 Å². The van der Waals surface area contributed by atoms with Gasteiger partial charge in [0.15, 0.2) is 0 Å². The molecule has 1 aliphatic heterocycles. The van der Waals surface area contributed by atoms with E-state index in [1.807, 2.05) is 0 Å². The van der Waals surface area contributed by atoms with Crippen molar-refractivity contribution in [3.05, 3.63) is 23.8 Å². The molecular weight excluding hydrogens is 316 g/mol. The Balaban J connectivity index is 1.82. The molecule has 5 atom stereocenters. The number of allylic oxidation sites excluding steroid dienone is 1. The number of ether oxygens (including phenoxy) is 2. The highest BCUT2D eigenvalue weighted by Crippen LogP contribution is 2.61. The second-order valence-corrected chi connectivity index (χ2v) is 9.03. The monoisotopic (exact) mass is 348 g/mol. The Morgan fingerprint density at radius 2 is 2.12 bits per heavy atom. The van der Waals surface area contributed by atoms with E-state index in [0.29, 0.717) is 23.3 Å². The molecule has 2 fully saturated rings. The maximum atomic E-state index is 12.0. The average molecular weight is 348 g/mol. The van der Waals surface area contributed by atoms with Gasteiger partial charge in [0.2, 0.25) is 6.29 Å². The average Bonchev–Trinajstić information content (AvgIpc) is 2.91. The van der Waals surface area contributed by atoms with E-state index >= 15 is 0 Å². The first kappa shape index (κ1) is 18.7. The third-order valence-corrected chi connectivity index (χ3v) is 7.14. The molecular formula is C21H32O4. The van der Waals surface area contributed by atoms with Crippen LogP contribution in [0.3, 0.4) is 0 Å². The fraction of sp³-hybridized carbons (Fsp3) is 0.762. The minimum absolute atomic E-state index is 0.141. The zero-order chi connectivity index (χ0) is 18.4. The number of rotatable bonds is 4. The third kappa shape index (κ3) is 3.19. The van der Waals surface area contributed by atoms with Crippen molar-refractivity contribution in [3.8, 4) is 0 Å². The van der Waals surface area contributed by atoms with Gasteiger partial charge >= 0.3 is 5.97 Å². The molecule has 0 spiro atoms. The summed E-state index contributed by atoms with van der Waals surface area (Å²) in [7, 11) is 1.49. The molecule has 0 aromatic carbocycles. The number of aliphatic hydroxyl groups is 1. The van der Waals surface area contributed by atoms with E-state index in [2.05, 4.69) is 27.4 Å². The van der Waals surface area contributed by atoms with E-state index in [1.165, 1.54) is 38.4 Å². The third-order valence-electron chi connectivity index (χ3n) is 7.14. The SMILES string of the molecule is C=C1CCC2C(C)(C)CCCC2(C)C1CC(O)C1=CC(OC)OC1=O. The predicted molar refractivity (Wildman–Crippen MR) is 96.7 cm³/mol.